The van der Waals surface area contributed by atoms with Gasteiger partial charge < -0.3 is 15.6 Å². The second-order valence-corrected chi connectivity index (χ2v) is 5.12. The lowest BCUT2D eigenvalue weighted by molar-refractivity contribution is 0.146. The Morgan fingerprint density at radius 1 is 1.14 bits per heavy atom. The number of nitrogens with two attached hydrogens (primary N) is 1. The molecule has 0 aliphatic carbocycles. The van der Waals surface area contributed by atoms with Gasteiger partial charge in [0.05, 0.1) is 13.2 Å². The van der Waals surface area contributed by atoms with Gasteiger partial charge in [-0.15, -0.1) is 0 Å². The van der Waals surface area contributed by atoms with Gasteiger partial charge in [0.15, 0.2) is 0 Å². The van der Waals surface area contributed by atoms with Crippen LogP contribution in [0.1, 0.15) is 35.6 Å². The van der Waals surface area contributed by atoms with Crippen molar-refractivity contribution in [3.63, 3.8) is 0 Å². The van der Waals surface area contributed by atoms with Crippen LogP contribution in [-0.2, 0) is 6.42 Å². The van der Waals surface area contributed by atoms with E-state index in [0.29, 0.717) is 6.54 Å². The number of hydrogen-bond donors (Lipinski definition) is 2. The summed E-state index contributed by atoms with van der Waals surface area (Å²) < 4.78 is 5.26. The zero-order valence-electron chi connectivity index (χ0n) is 12.6. The Morgan fingerprint density at radius 2 is 1.90 bits per heavy atom. The molecule has 0 radical (unpaired) electrons. The first-order chi connectivity index (χ1) is 10.2. The molecule has 21 heavy (non-hydrogen) atoms. The minimum absolute atomic E-state index is 0.146. The molecule has 0 bridgehead atoms. The van der Waals surface area contributed by atoms with E-state index in [9.17, 15) is 5.11 Å². The maximum Gasteiger partial charge on any atom is 0.119 e. The Hall–Kier alpha value is -1.84. The molecule has 0 saturated heterocycles. The fourth-order valence-corrected chi connectivity index (χ4v) is 2.68. The van der Waals surface area contributed by atoms with Crippen molar-refractivity contribution in [2.75, 3.05) is 13.7 Å². The predicted octanol–water partition coefficient (Wildman–Crippen LogP) is 3.03. The molecule has 0 spiro atoms. The number of hydrogen-bond acceptors (Lipinski definition) is 3. The average molecular weight is 285 g/mol. The second kappa shape index (κ2) is 7.25. The molecule has 3 N–H and O–H groups in total. The summed E-state index contributed by atoms with van der Waals surface area (Å²) in [5, 5.41) is 10.8. The first-order valence-electron chi connectivity index (χ1n) is 7.31. The topological polar surface area (TPSA) is 55.5 Å². The molecule has 0 aliphatic rings. The predicted molar refractivity (Wildman–Crippen MR) is 85.6 cm³/mol. The molecule has 3 heteroatoms. The van der Waals surface area contributed by atoms with Crippen LogP contribution in [0.4, 0.5) is 0 Å². The lowest BCUT2D eigenvalue weighted by Crippen LogP contribution is -2.21. The molecule has 3 nitrogen and oxygen atoms in total. The van der Waals surface area contributed by atoms with E-state index in [2.05, 4.69) is 13.0 Å². The summed E-state index contributed by atoms with van der Waals surface area (Å²) in [4.78, 5) is 0. The fourth-order valence-electron chi connectivity index (χ4n) is 2.68. The number of methoxy groups -OCH3 is 1. The van der Waals surface area contributed by atoms with E-state index >= 15 is 0 Å². The molecule has 2 aromatic rings. The van der Waals surface area contributed by atoms with Crippen molar-refractivity contribution in [1.29, 1.82) is 0 Å². The molecule has 2 aromatic carbocycles. The summed E-state index contributed by atoms with van der Waals surface area (Å²) >= 11 is 0. The van der Waals surface area contributed by atoms with Crippen LogP contribution in [-0.4, -0.2) is 18.8 Å². The van der Waals surface area contributed by atoms with Crippen molar-refractivity contribution in [2.24, 2.45) is 5.73 Å². The molecule has 0 fully saturated rings. The van der Waals surface area contributed by atoms with Crippen molar-refractivity contribution in [2.45, 2.75) is 25.4 Å². The number of aryl methyl sites for hydroxylation is 1. The molecule has 0 aliphatic heterocycles. The van der Waals surface area contributed by atoms with Crippen molar-refractivity contribution in [1.82, 2.24) is 0 Å². The van der Waals surface area contributed by atoms with Crippen LogP contribution in [0.15, 0.2) is 48.5 Å². The Balaban J connectivity index is 2.35. The van der Waals surface area contributed by atoms with Gasteiger partial charge in [-0.05, 0) is 35.2 Å². The van der Waals surface area contributed by atoms with Crippen LogP contribution >= 0.6 is 0 Å². The highest BCUT2D eigenvalue weighted by atomic mass is 16.5. The van der Waals surface area contributed by atoms with Crippen LogP contribution in [0.3, 0.4) is 0 Å². The maximum absolute atomic E-state index is 10.8. The fraction of sp³-hybridized carbons (Fsp3) is 0.333. The third kappa shape index (κ3) is 3.43. The maximum atomic E-state index is 10.8. The van der Waals surface area contributed by atoms with Gasteiger partial charge in [-0.2, -0.15) is 0 Å². The molecule has 0 amide bonds. The van der Waals surface area contributed by atoms with Gasteiger partial charge in [0.2, 0.25) is 0 Å². The number of benzene rings is 2. The van der Waals surface area contributed by atoms with Gasteiger partial charge in [0, 0.05) is 12.5 Å². The van der Waals surface area contributed by atoms with E-state index < -0.39 is 6.10 Å². The summed E-state index contributed by atoms with van der Waals surface area (Å²) in [5.41, 5.74) is 9.04. The van der Waals surface area contributed by atoms with Gasteiger partial charge in [-0.1, -0.05) is 43.3 Å². The van der Waals surface area contributed by atoms with Gasteiger partial charge in [0.25, 0.3) is 0 Å². The van der Waals surface area contributed by atoms with E-state index in [1.54, 1.807) is 7.11 Å². The zero-order valence-corrected chi connectivity index (χ0v) is 12.6. The normalized spacial score (nSPS) is 13.7. The van der Waals surface area contributed by atoms with Gasteiger partial charge in [0.1, 0.15) is 5.75 Å². The third-order valence-corrected chi connectivity index (χ3v) is 3.91. The highest BCUT2D eigenvalue weighted by molar-refractivity contribution is 5.36. The molecule has 112 valence electrons. The van der Waals surface area contributed by atoms with E-state index in [1.165, 1.54) is 0 Å². The highest BCUT2D eigenvalue weighted by Crippen LogP contribution is 2.33. The lowest BCUT2D eigenvalue weighted by Gasteiger charge is -2.24. The van der Waals surface area contributed by atoms with Crippen LogP contribution in [0, 0.1) is 0 Å². The molecule has 0 heterocycles. The molecule has 0 aromatic heterocycles. The van der Waals surface area contributed by atoms with Crippen molar-refractivity contribution >= 4 is 0 Å². The van der Waals surface area contributed by atoms with Crippen molar-refractivity contribution in [3.05, 3.63) is 65.2 Å². The summed E-state index contributed by atoms with van der Waals surface area (Å²) in [6.45, 7) is 2.47. The number of aliphatic hydroxyl groups is 1. The van der Waals surface area contributed by atoms with Gasteiger partial charge in [-0.25, -0.2) is 0 Å². The number of rotatable bonds is 6. The molecule has 2 rings (SSSR count). The quantitative estimate of drug-likeness (QED) is 0.857. The Morgan fingerprint density at radius 3 is 2.57 bits per heavy atom. The summed E-state index contributed by atoms with van der Waals surface area (Å²) in [6.07, 6.45) is 0.279. The monoisotopic (exact) mass is 285 g/mol. The van der Waals surface area contributed by atoms with Crippen LogP contribution in [0.25, 0.3) is 0 Å². The molecular weight excluding hydrogens is 262 g/mol. The molecule has 0 saturated carbocycles. The SMILES string of the molecule is CCc1ccccc1C(O)C(CN)c1cccc(OC)c1. The smallest absolute Gasteiger partial charge is 0.119 e. The van der Waals surface area contributed by atoms with Gasteiger partial charge >= 0.3 is 0 Å². The summed E-state index contributed by atoms with van der Waals surface area (Å²) in [7, 11) is 1.64. The van der Waals surface area contributed by atoms with Gasteiger partial charge in [-0.3, -0.25) is 0 Å². The Labute approximate surface area is 126 Å². The van der Waals surface area contributed by atoms with E-state index in [0.717, 1.165) is 28.9 Å². The number of ether oxygens (including phenoxy) is 1. The minimum Gasteiger partial charge on any atom is -0.497 e. The minimum atomic E-state index is -0.613. The average Bonchev–Trinajstić information content (AvgIpc) is 2.55. The zero-order chi connectivity index (χ0) is 15.2. The highest BCUT2D eigenvalue weighted by Gasteiger charge is 2.23. The largest absolute Gasteiger partial charge is 0.497 e. The second-order valence-electron chi connectivity index (χ2n) is 5.12. The van der Waals surface area contributed by atoms with Crippen molar-refractivity contribution < 1.29 is 9.84 Å². The molecule has 2 atom stereocenters. The standard InChI is InChI=1S/C18H23NO2/c1-3-13-7-4-5-10-16(13)18(20)17(12-19)14-8-6-9-15(11-14)21-2/h4-11,17-18,20H,3,12,19H2,1-2H3. The number of aliphatic hydroxyl groups excluding tert-OH is 1. The Bertz CT molecular complexity index is 583. The first kappa shape index (κ1) is 15.5. The summed E-state index contributed by atoms with van der Waals surface area (Å²) in [6, 6.07) is 15.7. The third-order valence-electron chi connectivity index (χ3n) is 3.91. The van der Waals surface area contributed by atoms with Crippen LogP contribution < -0.4 is 10.5 Å². The molecule has 2 unspecified atom stereocenters. The first-order valence-corrected chi connectivity index (χ1v) is 7.31. The Kier molecular flexibility index (Phi) is 5.37. The lowest BCUT2D eigenvalue weighted by atomic mass is 9.86. The molecular formula is C18H23NO2. The van der Waals surface area contributed by atoms with E-state index in [-0.39, 0.29) is 5.92 Å². The summed E-state index contributed by atoms with van der Waals surface area (Å²) in [5.74, 6) is 0.634. The van der Waals surface area contributed by atoms with Crippen molar-refractivity contribution in [3.8, 4) is 5.75 Å². The van der Waals surface area contributed by atoms with E-state index in [4.69, 9.17) is 10.5 Å². The van der Waals surface area contributed by atoms with E-state index in [1.807, 2.05) is 42.5 Å². The van der Waals surface area contributed by atoms with Crippen LogP contribution in [0.2, 0.25) is 0 Å². The van der Waals surface area contributed by atoms with Crippen LogP contribution in [0.5, 0.6) is 5.75 Å².